The second kappa shape index (κ2) is 6.77. The average Bonchev–Trinajstić information content (AvgIpc) is 3.32. The highest BCUT2D eigenvalue weighted by Crippen LogP contribution is 2.38. The molecule has 3 heterocycles. The lowest BCUT2D eigenvalue weighted by atomic mass is 10.1. The number of nitrogens with one attached hydrogen (secondary N) is 1. The molecule has 146 valence electrons. The first kappa shape index (κ1) is 17.5. The summed E-state index contributed by atoms with van der Waals surface area (Å²) in [5.41, 5.74) is 2.10. The number of hydrogen-bond acceptors (Lipinski definition) is 6. The van der Waals surface area contributed by atoms with Crippen LogP contribution in [0.2, 0.25) is 0 Å². The fourth-order valence-electron chi connectivity index (χ4n) is 3.05. The number of nitrogens with zero attached hydrogens (tertiary/aromatic N) is 5. The maximum Gasteiger partial charge on any atom is 0.258 e. The van der Waals surface area contributed by atoms with E-state index in [9.17, 15) is 9.18 Å². The molecule has 3 aromatic heterocycles. The summed E-state index contributed by atoms with van der Waals surface area (Å²) in [6.07, 6.45) is 4.00. The molecule has 1 aromatic carbocycles. The summed E-state index contributed by atoms with van der Waals surface area (Å²) in [5, 5.41) is 15.0. The largest absolute Gasteiger partial charge is 0.345 e. The van der Waals surface area contributed by atoms with E-state index in [1.165, 1.54) is 6.07 Å². The fraction of sp³-hybridized carbons (Fsp3) is 0.250. The van der Waals surface area contributed by atoms with Gasteiger partial charge >= 0.3 is 0 Å². The summed E-state index contributed by atoms with van der Waals surface area (Å²) in [6.45, 7) is 1.80. The Kier molecular flexibility index (Phi) is 4.08. The lowest BCUT2D eigenvalue weighted by Crippen LogP contribution is -2.24. The molecule has 0 unspecified atom stereocenters. The Labute approximate surface area is 164 Å². The van der Waals surface area contributed by atoms with E-state index in [0.29, 0.717) is 28.8 Å². The van der Waals surface area contributed by atoms with Crippen LogP contribution in [-0.2, 0) is 6.54 Å². The van der Waals surface area contributed by atoms with Gasteiger partial charge in [-0.15, -0.1) is 10.2 Å². The Morgan fingerprint density at radius 1 is 1.28 bits per heavy atom. The quantitative estimate of drug-likeness (QED) is 0.561. The van der Waals surface area contributed by atoms with Gasteiger partial charge in [-0.25, -0.2) is 4.39 Å². The van der Waals surface area contributed by atoms with E-state index in [1.54, 1.807) is 35.7 Å². The number of aryl methyl sites for hydroxylation is 1. The molecule has 1 aliphatic rings. The summed E-state index contributed by atoms with van der Waals surface area (Å²) in [4.78, 5) is 16.7. The molecule has 0 radical (unpaired) electrons. The predicted octanol–water partition coefficient (Wildman–Crippen LogP) is 3.03. The summed E-state index contributed by atoms with van der Waals surface area (Å²) < 4.78 is 20.8. The van der Waals surface area contributed by atoms with Crippen molar-refractivity contribution in [3.8, 4) is 11.5 Å². The first-order chi connectivity index (χ1) is 14.1. The van der Waals surface area contributed by atoms with Crippen LogP contribution >= 0.6 is 0 Å². The number of fused-ring (bicyclic) bond motifs is 1. The van der Waals surface area contributed by atoms with E-state index in [4.69, 9.17) is 4.52 Å². The number of carbonyl (C=O) groups excluding carboxylic acids is 1. The van der Waals surface area contributed by atoms with Crippen molar-refractivity contribution >= 4 is 11.6 Å². The highest BCUT2D eigenvalue weighted by molar-refractivity contribution is 5.94. The average molecular weight is 392 g/mol. The molecule has 1 saturated carbocycles. The molecule has 4 aromatic rings. The van der Waals surface area contributed by atoms with Gasteiger partial charge in [-0.3, -0.25) is 9.20 Å². The molecule has 1 amide bonds. The summed E-state index contributed by atoms with van der Waals surface area (Å²) in [6, 6.07) is 8.02. The van der Waals surface area contributed by atoms with Crippen molar-refractivity contribution in [3.63, 3.8) is 0 Å². The Hall–Kier alpha value is -3.62. The number of pyridine rings is 1. The molecule has 1 fully saturated rings. The van der Waals surface area contributed by atoms with Crippen LogP contribution < -0.4 is 5.32 Å². The van der Waals surface area contributed by atoms with Crippen molar-refractivity contribution in [2.24, 2.45) is 0 Å². The monoisotopic (exact) mass is 392 g/mol. The first-order valence-corrected chi connectivity index (χ1v) is 9.30. The van der Waals surface area contributed by atoms with E-state index in [-0.39, 0.29) is 18.0 Å². The zero-order valence-corrected chi connectivity index (χ0v) is 15.6. The molecular formula is C20H17FN6O2. The highest BCUT2D eigenvalue weighted by atomic mass is 19.1. The lowest BCUT2D eigenvalue weighted by Gasteiger charge is -2.05. The van der Waals surface area contributed by atoms with Crippen LogP contribution in [0.1, 0.15) is 46.3 Å². The second-order valence-electron chi connectivity index (χ2n) is 7.14. The van der Waals surface area contributed by atoms with Crippen LogP contribution in [0.4, 0.5) is 4.39 Å². The molecule has 0 atom stereocenters. The molecule has 5 rings (SSSR count). The van der Waals surface area contributed by atoms with Gasteiger partial charge in [-0.1, -0.05) is 11.2 Å². The van der Waals surface area contributed by atoms with E-state index in [1.807, 2.05) is 6.07 Å². The number of aromatic nitrogens is 5. The topological polar surface area (TPSA) is 98.2 Å². The first-order valence-electron chi connectivity index (χ1n) is 9.30. The standard InChI is InChI=1S/C20H17FN6O2/c1-11-2-3-13(8-15(11)21)19(28)22-10-17-25-24-16-9-14(6-7-27(16)17)20-23-18(26-29-20)12-4-5-12/h2-3,6-9,12H,4-5,10H2,1H3,(H,22,28). The van der Waals surface area contributed by atoms with Crippen LogP contribution in [0, 0.1) is 12.7 Å². The van der Waals surface area contributed by atoms with Gasteiger partial charge in [0.2, 0.25) is 0 Å². The molecule has 1 N–H and O–H groups in total. The Morgan fingerprint density at radius 3 is 2.93 bits per heavy atom. The molecule has 0 saturated heterocycles. The summed E-state index contributed by atoms with van der Waals surface area (Å²) in [5.74, 6) is 1.38. The van der Waals surface area contributed by atoms with Gasteiger partial charge < -0.3 is 9.84 Å². The minimum absolute atomic E-state index is 0.154. The third kappa shape index (κ3) is 3.35. The number of carbonyl (C=O) groups is 1. The Bertz CT molecular complexity index is 1230. The van der Waals surface area contributed by atoms with Crippen LogP contribution in [0.25, 0.3) is 17.1 Å². The van der Waals surface area contributed by atoms with Crippen molar-refractivity contribution in [2.45, 2.75) is 32.2 Å². The molecular weight excluding hydrogens is 375 g/mol. The van der Waals surface area contributed by atoms with Crippen molar-refractivity contribution in [1.29, 1.82) is 0 Å². The molecule has 0 bridgehead atoms. The van der Waals surface area contributed by atoms with Gasteiger partial charge in [0.1, 0.15) is 5.82 Å². The number of halogens is 1. The van der Waals surface area contributed by atoms with Crippen LogP contribution in [0.15, 0.2) is 41.1 Å². The third-order valence-corrected chi connectivity index (χ3v) is 4.95. The number of rotatable bonds is 5. The van der Waals surface area contributed by atoms with E-state index in [0.717, 1.165) is 24.2 Å². The van der Waals surface area contributed by atoms with Crippen LogP contribution in [-0.4, -0.2) is 30.6 Å². The van der Waals surface area contributed by atoms with Crippen LogP contribution in [0.3, 0.4) is 0 Å². The van der Waals surface area contributed by atoms with Gasteiger partial charge in [0.05, 0.1) is 6.54 Å². The minimum Gasteiger partial charge on any atom is -0.345 e. The summed E-state index contributed by atoms with van der Waals surface area (Å²) in [7, 11) is 0. The SMILES string of the molecule is Cc1ccc(C(=O)NCc2nnc3cc(-c4nc(C5CC5)no4)ccn23)cc1F. The second-order valence-corrected chi connectivity index (χ2v) is 7.14. The predicted molar refractivity (Wildman–Crippen MR) is 101 cm³/mol. The molecule has 0 aliphatic heterocycles. The van der Waals surface area contributed by atoms with Gasteiger partial charge in [-0.05, 0) is 49.6 Å². The maximum absolute atomic E-state index is 13.7. The van der Waals surface area contributed by atoms with Crippen LogP contribution in [0.5, 0.6) is 0 Å². The highest BCUT2D eigenvalue weighted by Gasteiger charge is 2.29. The zero-order chi connectivity index (χ0) is 20.0. The zero-order valence-electron chi connectivity index (χ0n) is 15.6. The van der Waals surface area contributed by atoms with Gasteiger partial charge in [0.15, 0.2) is 17.3 Å². The number of amides is 1. The maximum atomic E-state index is 13.7. The molecule has 0 spiro atoms. The van der Waals surface area contributed by atoms with Crippen molar-refractivity contribution in [1.82, 2.24) is 30.1 Å². The van der Waals surface area contributed by atoms with E-state index in [2.05, 4.69) is 25.7 Å². The van der Waals surface area contributed by atoms with E-state index < -0.39 is 5.82 Å². The molecule has 29 heavy (non-hydrogen) atoms. The van der Waals surface area contributed by atoms with Gasteiger partial charge in [0, 0.05) is 23.2 Å². The Balaban J connectivity index is 1.33. The van der Waals surface area contributed by atoms with Gasteiger partial charge in [0.25, 0.3) is 11.8 Å². The van der Waals surface area contributed by atoms with Crippen molar-refractivity contribution in [3.05, 3.63) is 65.1 Å². The smallest absolute Gasteiger partial charge is 0.258 e. The fourth-order valence-corrected chi connectivity index (χ4v) is 3.05. The number of benzene rings is 1. The lowest BCUT2D eigenvalue weighted by molar-refractivity contribution is 0.0949. The number of hydrogen-bond donors (Lipinski definition) is 1. The molecule has 9 heteroatoms. The van der Waals surface area contributed by atoms with Crippen molar-refractivity contribution < 1.29 is 13.7 Å². The van der Waals surface area contributed by atoms with Gasteiger partial charge in [-0.2, -0.15) is 4.98 Å². The normalized spacial score (nSPS) is 13.7. The minimum atomic E-state index is -0.413. The summed E-state index contributed by atoms with van der Waals surface area (Å²) >= 11 is 0. The van der Waals surface area contributed by atoms with E-state index >= 15 is 0 Å². The molecule has 8 nitrogen and oxygen atoms in total. The third-order valence-electron chi connectivity index (χ3n) is 4.95. The Morgan fingerprint density at radius 2 is 2.14 bits per heavy atom. The van der Waals surface area contributed by atoms with Crippen molar-refractivity contribution in [2.75, 3.05) is 0 Å². The molecule has 1 aliphatic carbocycles.